The SMILES string of the molecule is CCCCCCCCOc1cc(COC(C)=O)c(OC)cc1COC(C)=O. The van der Waals surface area contributed by atoms with E-state index in [1.807, 2.05) is 0 Å². The Bertz CT molecular complexity index is 597. The van der Waals surface area contributed by atoms with Gasteiger partial charge in [0.05, 0.1) is 13.7 Å². The first-order valence-corrected chi connectivity index (χ1v) is 9.57. The van der Waals surface area contributed by atoms with Crippen LogP contribution in [0.5, 0.6) is 11.5 Å². The van der Waals surface area contributed by atoms with Crippen LogP contribution in [0.4, 0.5) is 0 Å². The van der Waals surface area contributed by atoms with Crippen molar-refractivity contribution in [2.24, 2.45) is 0 Å². The van der Waals surface area contributed by atoms with Gasteiger partial charge in [0.25, 0.3) is 0 Å². The summed E-state index contributed by atoms with van der Waals surface area (Å²) in [5.41, 5.74) is 1.43. The molecule has 1 aromatic carbocycles. The van der Waals surface area contributed by atoms with Crippen molar-refractivity contribution in [1.29, 1.82) is 0 Å². The van der Waals surface area contributed by atoms with E-state index in [0.29, 0.717) is 23.7 Å². The van der Waals surface area contributed by atoms with Crippen LogP contribution in [-0.4, -0.2) is 25.7 Å². The van der Waals surface area contributed by atoms with E-state index in [0.717, 1.165) is 18.4 Å². The van der Waals surface area contributed by atoms with E-state index in [4.69, 9.17) is 18.9 Å². The number of hydrogen-bond acceptors (Lipinski definition) is 6. The highest BCUT2D eigenvalue weighted by Gasteiger charge is 2.14. The molecule has 0 atom stereocenters. The Morgan fingerprint density at radius 2 is 1.33 bits per heavy atom. The number of benzene rings is 1. The van der Waals surface area contributed by atoms with Crippen LogP contribution in [0, 0.1) is 0 Å². The summed E-state index contributed by atoms with van der Waals surface area (Å²) < 4.78 is 21.5. The van der Waals surface area contributed by atoms with Gasteiger partial charge >= 0.3 is 11.9 Å². The maximum absolute atomic E-state index is 11.2. The largest absolute Gasteiger partial charge is 0.496 e. The first kappa shape index (κ1) is 22.8. The molecule has 0 unspecified atom stereocenters. The molecule has 0 N–H and O–H groups in total. The molecule has 0 amide bonds. The summed E-state index contributed by atoms with van der Waals surface area (Å²) in [6.07, 6.45) is 7.04. The molecule has 1 rings (SSSR count). The zero-order valence-corrected chi connectivity index (χ0v) is 17.0. The summed E-state index contributed by atoms with van der Waals surface area (Å²) in [5.74, 6) is 0.452. The molecule has 0 aliphatic heterocycles. The van der Waals surface area contributed by atoms with E-state index < -0.39 is 0 Å². The molecule has 0 aliphatic rings. The van der Waals surface area contributed by atoms with Crippen molar-refractivity contribution >= 4 is 11.9 Å². The average Bonchev–Trinajstić information content (AvgIpc) is 2.64. The van der Waals surface area contributed by atoms with Gasteiger partial charge in [0.1, 0.15) is 24.7 Å². The minimum atomic E-state index is -0.365. The third-order valence-corrected chi connectivity index (χ3v) is 4.08. The molecule has 0 bridgehead atoms. The Balaban J connectivity index is 2.79. The molecular formula is C21H32O6. The number of rotatable bonds is 13. The molecule has 0 radical (unpaired) electrons. The number of methoxy groups -OCH3 is 1. The van der Waals surface area contributed by atoms with Crippen LogP contribution in [0.25, 0.3) is 0 Å². The lowest BCUT2D eigenvalue weighted by molar-refractivity contribution is -0.143. The predicted molar refractivity (Wildman–Crippen MR) is 103 cm³/mol. The molecule has 0 saturated carbocycles. The van der Waals surface area contributed by atoms with Crippen molar-refractivity contribution in [3.63, 3.8) is 0 Å². The number of esters is 2. The van der Waals surface area contributed by atoms with E-state index in [1.165, 1.54) is 39.5 Å². The van der Waals surface area contributed by atoms with Gasteiger partial charge in [-0.3, -0.25) is 9.59 Å². The monoisotopic (exact) mass is 380 g/mol. The Morgan fingerprint density at radius 1 is 0.815 bits per heavy atom. The van der Waals surface area contributed by atoms with Gasteiger partial charge < -0.3 is 18.9 Å². The number of carbonyl (C=O) groups excluding carboxylic acids is 2. The minimum absolute atomic E-state index is 0.0970. The van der Waals surface area contributed by atoms with Gasteiger partial charge in [0, 0.05) is 25.0 Å². The summed E-state index contributed by atoms with van der Waals surface area (Å²) >= 11 is 0. The third kappa shape index (κ3) is 9.31. The molecule has 27 heavy (non-hydrogen) atoms. The summed E-state index contributed by atoms with van der Waals surface area (Å²) in [6, 6.07) is 3.55. The highest BCUT2D eigenvalue weighted by atomic mass is 16.5. The fraction of sp³-hybridized carbons (Fsp3) is 0.619. The van der Waals surface area contributed by atoms with E-state index in [9.17, 15) is 9.59 Å². The first-order chi connectivity index (χ1) is 13.0. The molecule has 6 heteroatoms. The predicted octanol–water partition coefficient (Wildman–Crippen LogP) is 4.56. The molecule has 0 heterocycles. The molecule has 0 aromatic heterocycles. The van der Waals surface area contributed by atoms with E-state index in [2.05, 4.69) is 6.92 Å². The second-order valence-corrected chi connectivity index (χ2v) is 6.45. The van der Waals surface area contributed by atoms with Crippen molar-refractivity contribution in [2.75, 3.05) is 13.7 Å². The van der Waals surface area contributed by atoms with Crippen LogP contribution in [-0.2, 0) is 32.3 Å². The molecule has 0 aliphatic carbocycles. The van der Waals surface area contributed by atoms with Crippen molar-refractivity contribution in [2.45, 2.75) is 72.5 Å². The summed E-state index contributed by atoms with van der Waals surface area (Å²) in [6.45, 7) is 5.70. The Morgan fingerprint density at radius 3 is 1.89 bits per heavy atom. The Kier molecular flexibility index (Phi) is 11.0. The normalized spacial score (nSPS) is 10.4. The van der Waals surface area contributed by atoms with Gasteiger partial charge in [0.15, 0.2) is 0 Å². The summed E-state index contributed by atoms with van der Waals surface area (Å²) in [5, 5.41) is 0. The Hall–Kier alpha value is -2.24. The summed E-state index contributed by atoms with van der Waals surface area (Å²) in [4.78, 5) is 22.3. The molecule has 6 nitrogen and oxygen atoms in total. The molecular weight excluding hydrogens is 348 g/mol. The van der Waals surface area contributed by atoms with Gasteiger partial charge in [0.2, 0.25) is 0 Å². The van der Waals surface area contributed by atoms with Crippen LogP contribution in [0.2, 0.25) is 0 Å². The van der Waals surface area contributed by atoms with Crippen molar-refractivity contribution in [3.8, 4) is 11.5 Å². The van der Waals surface area contributed by atoms with Gasteiger partial charge in [-0.05, 0) is 18.6 Å². The maximum Gasteiger partial charge on any atom is 0.302 e. The fourth-order valence-corrected chi connectivity index (χ4v) is 2.62. The summed E-state index contributed by atoms with van der Waals surface area (Å²) in [7, 11) is 1.54. The lowest BCUT2D eigenvalue weighted by atomic mass is 10.1. The minimum Gasteiger partial charge on any atom is -0.496 e. The van der Waals surface area contributed by atoms with Gasteiger partial charge in [-0.15, -0.1) is 0 Å². The number of hydrogen-bond donors (Lipinski definition) is 0. The number of carbonyl (C=O) groups is 2. The van der Waals surface area contributed by atoms with Crippen LogP contribution >= 0.6 is 0 Å². The molecule has 0 fully saturated rings. The zero-order chi connectivity index (χ0) is 20.1. The van der Waals surface area contributed by atoms with Crippen molar-refractivity contribution in [3.05, 3.63) is 23.3 Å². The molecule has 0 saturated heterocycles. The van der Waals surface area contributed by atoms with Crippen molar-refractivity contribution in [1.82, 2.24) is 0 Å². The van der Waals surface area contributed by atoms with E-state index in [1.54, 1.807) is 19.2 Å². The number of ether oxygens (including phenoxy) is 4. The highest BCUT2D eigenvalue weighted by Crippen LogP contribution is 2.30. The molecule has 1 aromatic rings. The van der Waals surface area contributed by atoms with Gasteiger partial charge in [-0.1, -0.05) is 39.0 Å². The topological polar surface area (TPSA) is 71.1 Å². The zero-order valence-electron chi connectivity index (χ0n) is 17.0. The standard InChI is InChI=1S/C21H32O6/c1-5-6-7-8-9-10-11-25-21-13-18(14-26-16(2)22)20(24-4)12-19(21)15-27-17(3)23/h12-13H,5-11,14-15H2,1-4H3. The molecule has 0 spiro atoms. The first-order valence-electron chi connectivity index (χ1n) is 9.57. The van der Waals surface area contributed by atoms with Gasteiger partial charge in [-0.25, -0.2) is 0 Å². The number of unbranched alkanes of at least 4 members (excludes halogenated alkanes) is 5. The lowest BCUT2D eigenvalue weighted by Crippen LogP contribution is -2.07. The second kappa shape index (κ2) is 13.0. The van der Waals surface area contributed by atoms with Crippen LogP contribution in [0.1, 0.15) is 70.4 Å². The van der Waals surface area contributed by atoms with Crippen LogP contribution in [0.15, 0.2) is 12.1 Å². The van der Waals surface area contributed by atoms with Crippen LogP contribution in [0.3, 0.4) is 0 Å². The third-order valence-electron chi connectivity index (χ3n) is 4.08. The average molecular weight is 380 g/mol. The maximum atomic E-state index is 11.2. The smallest absolute Gasteiger partial charge is 0.302 e. The quantitative estimate of drug-likeness (QED) is 0.369. The van der Waals surface area contributed by atoms with Crippen molar-refractivity contribution < 1.29 is 28.5 Å². The van der Waals surface area contributed by atoms with E-state index >= 15 is 0 Å². The second-order valence-electron chi connectivity index (χ2n) is 6.45. The van der Waals surface area contributed by atoms with E-state index in [-0.39, 0.29) is 25.2 Å². The lowest BCUT2D eigenvalue weighted by Gasteiger charge is -2.16. The fourth-order valence-electron chi connectivity index (χ4n) is 2.62. The van der Waals surface area contributed by atoms with Crippen LogP contribution < -0.4 is 9.47 Å². The van der Waals surface area contributed by atoms with Gasteiger partial charge in [-0.2, -0.15) is 0 Å². The Labute approximate surface area is 162 Å². The highest BCUT2D eigenvalue weighted by molar-refractivity contribution is 5.66. The molecule has 152 valence electrons.